The first kappa shape index (κ1) is 16.4. The Balaban J connectivity index is 3.97. The molecule has 0 aliphatic heterocycles. The Morgan fingerprint density at radius 2 is 2.06 bits per heavy atom. The van der Waals surface area contributed by atoms with Crippen LogP contribution in [0.15, 0.2) is 0 Å². The molecule has 102 valence electrons. The van der Waals surface area contributed by atoms with Gasteiger partial charge < -0.3 is 20.2 Å². The van der Waals surface area contributed by atoms with E-state index in [1.54, 1.807) is 0 Å². The van der Waals surface area contributed by atoms with E-state index in [0.29, 0.717) is 0 Å². The van der Waals surface area contributed by atoms with Crippen LogP contribution in [0.1, 0.15) is 12.8 Å². The average molecular weight is 289 g/mol. The predicted octanol–water partition coefficient (Wildman–Crippen LogP) is -4.17. The van der Waals surface area contributed by atoms with Gasteiger partial charge in [-0.1, -0.05) is 0 Å². The van der Waals surface area contributed by atoms with E-state index in [1.165, 1.54) is 4.49 Å². The van der Waals surface area contributed by atoms with E-state index in [1.807, 2.05) is 0 Å². The summed E-state index contributed by atoms with van der Waals surface area (Å²) in [7, 11) is -8.90. The van der Waals surface area contributed by atoms with Crippen LogP contribution in [0.2, 0.25) is 0 Å². The number of rotatable bonds is 8. The molecule has 0 rings (SSSR count). The summed E-state index contributed by atoms with van der Waals surface area (Å²) in [6, 6.07) is -0.926. The minimum absolute atomic E-state index is 0.0321. The number of quaternary nitrogens is 1. The second-order valence-corrected chi connectivity index (χ2v) is 6.54. The van der Waals surface area contributed by atoms with Crippen LogP contribution in [-0.2, 0) is 19.7 Å². The third-order valence-corrected chi connectivity index (χ3v) is 4.33. The summed E-state index contributed by atoms with van der Waals surface area (Å²) in [4.78, 5) is 10.3. The summed E-state index contributed by atoms with van der Waals surface area (Å²) in [6.07, 6.45) is 0.364. The third-order valence-electron chi connectivity index (χ3n) is 1.66. The highest BCUT2D eigenvalue weighted by atomic mass is 32.2. The standard InChI is InChI=1S/C5H15N4O6PS/c6-4(5(10)11)2-1-3-8-16(7,12)9-17(13,14)15/h4H,1-3,6H2,(H,10,11)(H,13,14,15)(H4,7,8,9,12)/p-1/t4-,16?/m0/s1. The third kappa shape index (κ3) is 9.18. The molecular formula is C5H14N4O6PS-. The van der Waals surface area contributed by atoms with Gasteiger partial charge in [0.05, 0.1) is 5.97 Å². The monoisotopic (exact) mass is 289 g/mol. The van der Waals surface area contributed by atoms with Crippen LogP contribution in [0.3, 0.4) is 0 Å². The molecule has 10 nitrogen and oxygen atoms in total. The van der Waals surface area contributed by atoms with Gasteiger partial charge in [-0.15, -0.1) is 4.49 Å². The molecule has 0 saturated heterocycles. The first-order chi connectivity index (χ1) is 7.53. The van der Waals surface area contributed by atoms with Crippen molar-refractivity contribution in [1.82, 2.24) is 9.58 Å². The largest absolute Gasteiger partial charge is 0.735 e. The smallest absolute Gasteiger partial charge is 0.288 e. The summed E-state index contributed by atoms with van der Waals surface area (Å²) >= 11 is 0. The van der Waals surface area contributed by atoms with Crippen molar-refractivity contribution in [3.8, 4) is 0 Å². The van der Waals surface area contributed by atoms with Crippen LogP contribution in [0, 0.1) is 0 Å². The molecule has 12 heteroatoms. The molecule has 0 aromatic carbocycles. The fourth-order valence-electron chi connectivity index (χ4n) is 0.910. The van der Waals surface area contributed by atoms with Gasteiger partial charge in [0.25, 0.3) is 7.59 Å². The van der Waals surface area contributed by atoms with Gasteiger partial charge in [0.2, 0.25) is 0 Å². The lowest BCUT2D eigenvalue weighted by Gasteiger charge is -2.18. The second-order valence-electron chi connectivity index (χ2n) is 3.27. The Labute approximate surface area is 98.2 Å². The van der Waals surface area contributed by atoms with Crippen molar-refractivity contribution < 1.29 is 33.2 Å². The van der Waals surface area contributed by atoms with Crippen LogP contribution < -0.4 is 25.9 Å². The van der Waals surface area contributed by atoms with Crippen molar-refractivity contribution in [3.05, 3.63) is 0 Å². The SMILES string of the molecule is NP(=O)(NCCC[C@H]([NH3+])C(=O)[O-])NS(=O)(=O)[O-]. The van der Waals surface area contributed by atoms with Gasteiger partial charge in [-0.25, -0.2) is 13.5 Å². The summed E-state index contributed by atoms with van der Waals surface area (Å²) in [5.74, 6) is -1.32. The number of aliphatic carboxylic acids is 1. The molecule has 1 unspecified atom stereocenters. The summed E-state index contributed by atoms with van der Waals surface area (Å²) in [5.41, 5.74) is 8.27. The number of nitrogens with two attached hydrogens (primary N) is 1. The minimum atomic E-state index is -4.92. The molecule has 0 heterocycles. The summed E-state index contributed by atoms with van der Waals surface area (Å²) < 4.78 is 43.1. The van der Waals surface area contributed by atoms with Crippen LogP contribution in [0.4, 0.5) is 0 Å². The molecule has 0 saturated carbocycles. The maximum Gasteiger partial charge on any atom is 0.288 e. The van der Waals surface area contributed by atoms with E-state index in [-0.39, 0.29) is 19.4 Å². The predicted molar refractivity (Wildman–Crippen MR) is 53.5 cm³/mol. The molecule has 0 amide bonds. The number of hydrogen-bond donors (Lipinski definition) is 4. The molecule has 7 N–H and O–H groups in total. The van der Waals surface area contributed by atoms with Crippen LogP contribution >= 0.6 is 7.59 Å². The molecule has 0 radical (unpaired) electrons. The lowest BCUT2D eigenvalue weighted by Crippen LogP contribution is -2.68. The van der Waals surface area contributed by atoms with Crippen molar-refractivity contribution in [2.45, 2.75) is 18.9 Å². The van der Waals surface area contributed by atoms with Crippen molar-refractivity contribution >= 4 is 23.9 Å². The van der Waals surface area contributed by atoms with E-state index in [0.717, 1.165) is 0 Å². The van der Waals surface area contributed by atoms with E-state index < -0.39 is 29.9 Å². The molecule has 0 bridgehead atoms. The molecule has 0 aromatic heterocycles. The molecule has 0 aliphatic carbocycles. The maximum atomic E-state index is 11.2. The van der Waals surface area contributed by atoms with Gasteiger partial charge in [-0.3, -0.25) is 10.1 Å². The van der Waals surface area contributed by atoms with Crippen molar-refractivity contribution in [1.29, 1.82) is 0 Å². The number of carbonyl (C=O) groups excluding carboxylic acids is 1. The van der Waals surface area contributed by atoms with E-state index in [9.17, 15) is 27.4 Å². The van der Waals surface area contributed by atoms with E-state index in [2.05, 4.69) is 10.8 Å². The van der Waals surface area contributed by atoms with Gasteiger partial charge in [0.1, 0.15) is 6.04 Å². The normalized spacial score (nSPS) is 17.4. The highest BCUT2D eigenvalue weighted by Gasteiger charge is 2.17. The number of carboxylic acid groups (broad SMARTS) is 1. The van der Waals surface area contributed by atoms with Gasteiger partial charge >= 0.3 is 0 Å². The molecule has 17 heavy (non-hydrogen) atoms. The van der Waals surface area contributed by atoms with Crippen molar-refractivity contribution in [2.24, 2.45) is 5.50 Å². The zero-order chi connectivity index (χ0) is 13.7. The Morgan fingerprint density at radius 3 is 2.47 bits per heavy atom. The fourth-order valence-corrected chi connectivity index (χ4v) is 2.99. The van der Waals surface area contributed by atoms with Gasteiger partial charge in [-0.2, -0.15) is 0 Å². The fraction of sp³-hybridized carbons (Fsp3) is 0.800. The number of carboxylic acids is 1. The van der Waals surface area contributed by atoms with Crippen molar-refractivity contribution in [3.63, 3.8) is 0 Å². The Hall–Kier alpha value is -0.550. The number of nitrogens with one attached hydrogen (secondary N) is 2. The first-order valence-corrected chi connectivity index (χ1v) is 7.64. The summed E-state index contributed by atoms with van der Waals surface area (Å²) in [6.45, 7) is -0.0321. The van der Waals surface area contributed by atoms with Crippen molar-refractivity contribution in [2.75, 3.05) is 6.54 Å². The lowest BCUT2D eigenvalue weighted by atomic mass is 10.2. The maximum absolute atomic E-state index is 11.2. The van der Waals surface area contributed by atoms with Gasteiger partial charge in [0, 0.05) is 13.0 Å². The molecule has 0 aromatic rings. The lowest BCUT2D eigenvalue weighted by molar-refractivity contribution is -0.438. The van der Waals surface area contributed by atoms with Crippen LogP contribution in [0.5, 0.6) is 0 Å². The molecule has 0 aliphatic rings. The zero-order valence-corrected chi connectivity index (χ0v) is 10.5. The number of hydrogen-bond acceptors (Lipinski definition) is 6. The average Bonchev–Trinajstić information content (AvgIpc) is 2.07. The summed E-state index contributed by atoms with van der Waals surface area (Å²) in [5, 5.41) is 12.4. The zero-order valence-electron chi connectivity index (χ0n) is 8.79. The second kappa shape index (κ2) is 6.40. The molecular weight excluding hydrogens is 275 g/mol. The highest BCUT2D eigenvalue weighted by molar-refractivity contribution is 7.90. The van der Waals surface area contributed by atoms with Crippen LogP contribution in [0.25, 0.3) is 0 Å². The Kier molecular flexibility index (Phi) is 6.19. The molecule has 0 spiro atoms. The first-order valence-electron chi connectivity index (χ1n) is 4.46. The van der Waals surface area contributed by atoms with E-state index in [4.69, 9.17) is 5.50 Å². The quantitative estimate of drug-likeness (QED) is 0.196. The van der Waals surface area contributed by atoms with E-state index >= 15 is 0 Å². The highest BCUT2D eigenvalue weighted by Crippen LogP contribution is 2.25. The van der Waals surface area contributed by atoms with Gasteiger partial charge in [0.15, 0.2) is 10.3 Å². The Bertz CT molecular complexity index is 411. The topological polar surface area (TPSA) is 192 Å². The van der Waals surface area contributed by atoms with Gasteiger partial charge in [-0.05, 0) is 6.42 Å². The minimum Gasteiger partial charge on any atom is -0.735 e. The molecule has 2 atom stereocenters. The molecule has 0 fully saturated rings. The van der Waals surface area contributed by atoms with Crippen LogP contribution in [-0.4, -0.2) is 31.5 Å². The number of carbonyl (C=O) groups is 1. The Morgan fingerprint density at radius 1 is 1.53 bits per heavy atom.